The van der Waals surface area contributed by atoms with Gasteiger partial charge in [-0.15, -0.1) is 9.24 Å². The number of hydrogen-bond acceptors (Lipinski definition) is 0. The molecule has 0 aliphatic heterocycles. The van der Waals surface area contributed by atoms with E-state index in [1.807, 2.05) is 0 Å². The monoisotopic (exact) mass is 240 g/mol. The number of fused-ring (bicyclic) bond motifs is 1. The minimum absolute atomic E-state index is 1.03. The van der Waals surface area contributed by atoms with Gasteiger partial charge in [0, 0.05) is 0 Å². The van der Waals surface area contributed by atoms with Crippen molar-refractivity contribution in [1.29, 1.82) is 0 Å². The summed E-state index contributed by atoms with van der Waals surface area (Å²) in [4.78, 5) is 0. The second-order valence-corrected chi connectivity index (χ2v) is 5.11. The van der Waals surface area contributed by atoms with E-state index in [1.165, 1.54) is 36.0 Å². The second-order valence-electron chi connectivity index (χ2n) is 4.70. The van der Waals surface area contributed by atoms with Crippen molar-refractivity contribution in [1.82, 2.24) is 0 Å². The van der Waals surface area contributed by atoms with Crippen LogP contribution >= 0.6 is 9.24 Å². The highest BCUT2D eigenvalue weighted by atomic mass is 31.0. The Labute approximate surface area is 105 Å². The van der Waals surface area contributed by atoms with Crippen LogP contribution in [-0.2, 0) is 19.0 Å². The number of aryl methyl sites for hydroxylation is 1. The minimum atomic E-state index is 1.03. The maximum Gasteiger partial charge on any atom is -0.0128 e. The van der Waals surface area contributed by atoms with E-state index in [2.05, 4.69) is 51.7 Å². The van der Waals surface area contributed by atoms with Gasteiger partial charge in [0.05, 0.1) is 0 Å². The van der Waals surface area contributed by atoms with E-state index >= 15 is 0 Å². The molecule has 0 spiro atoms. The summed E-state index contributed by atoms with van der Waals surface area (Å²) in [5.41, 5.74) is 7.35. The van der Waals surface area contributed by atoms with E-state index < -0.39 is 0 Å². The predicted octanol–water partition coefficient (Wildman–Crippen LogP) is 4.22. The molecule has 1 unspecified atom stereocenters. The molecule has 3 rings (SSSR count). The molecular weight excluding hydrogens is 223 g/mol. The third-order valence-electron chi connectivity index (χ3n) is 3.62. The van der Waals surface area contributed by atoms with E-state index in [-0.39, 0.29) is 0 Å². The molecule has 0 N–H and O–H groups in total. The molecule has 0 saturated carbocycles. The molecule has 86 valence electrons. The van der Waals surface area contributed by atoms with Crippen molar-refractivity contribution in [3.63, 3.8) is 0 Å². The summed E-state index contributed by atoms with van der Waals surface area (Å²) >= 11 is 0. The normalized spacial score (nSPS) is 13.7. The lowest BCUT2D eigenvalue weighted by Gasteiger charge is -2.09. The van der Waals surface area contributed by atoms with Crippen LogP contribution in [0.5, 0.6) is 0 Å². The molecule has 1 heteroatoms. The molecule has 1 aliphatic carbocycles. The Morgan fingerprint density at radius 2 is 1.88 bits per heavy atom. The number of benzene rings is 2. The van der Waals surface area contributed by atoms with Crippen molar-refractivity contribution in [2.24, 2.45) is 0 Å². The average Bonchev–Trinajstić information content (AvgIpc) is 2.87. The van der Waals surface area contributed by atoms with Crippen molar-refractivity contribution in [3.8, 4) is 11.1 Å². The van der Waals surface area contributed by atoms with E-state index in [0.29, 0.717) is 0 Å². The van der Waals surface area contributed by atoms with Gasteiger partial charge in [-0.1, -0.05) is 42.5 Å². The predicted molar refractivity (Wildman–Crippen MR) is 77.3 cm³/mol. The molecule has 0 bridgehead atoms. The van der Waals surface area contributed by atoms with Gasteiger partial charge in [-0.25, -0.2) is 0 Å². The van der Waals surface area contributed by atoms with Gasteiger partial charge < -0.3 is 0 Å². The lowest BCUT2D eigenvalue weighted by atomic mass is 9.96. The zero-order valence-electron chi connectivity index (χ0n) is 9.95. The number of rotatable bonds is 2. The first-order valence-electron chi connectivity index (χ1n) is 6.28. The van der Waals surface area contributed by atoms with Gasteiger partial charge in [-0.05, 0) is 53.2 Å². The highest BCUT2D eigenvalue weighted by molar-refractivity contribution is 7.15. The van der Waals surface area contributed by atoms with E-state index in [4.69, 9.17) is 0 Å². The fourth-order valence-electron chi connectivity index (χ4n) is 2.76. The topological polar surface area (TPSA) is 0 Å². The van der Waals surface area contributed by atoms with Crippen molar-refractivity contribution < 1.29 is 0 Å². The van der Waals surface area contributed by atoms with Crippen LogP contribution in [0.3, 0.4) is 0 Å². The van der Waals surface area contributed by atoms with Crippen molar-refractivity contribution >= 4 is 9.24 Å². The van der Waals surface area contributed by atoms with Crippen molar-refractivity contribution in [3.05, 3.63) is 59.2 Å². The van der Waals surface area contributed by atoms with Crippen LogP contribution in [-0.4, -0.2) is 0 Å². The van der Waals surface area contributed by atoms with Gasteiger partial charge in [0.25, 0.3) is 0 Å². The van der Waals surface area contributed by atoms with E-state index in [9.17, 15) is 0 Å². The summed E-state index contributed by atoms with van der Waals surface area (Å²) in [5.74, 6) is 0. The molecule has 17 heavy (non-hydrogen) atoms. The molecule has 1 atom stereocenters. The van der Waals surface area contributed by atoms with Gasteiger partial charge in [0.1, 0.15) is 0 Å². The fraction of sp³-hybridized carbons (Fsp3) is 0.250. The second kappa shape index (κ2) is 4.63. The highest BCUT2D eigenvalue weighted by Gasteiger charge is 2.14. The zero-order valence-corrected chi connectivity index (χ0v) is 11.1. The maximum atomic E-state index is 2.80. The minimum Gasteiger partial charge on any atom is -0.133 e. The van der Waals surface area contributed by atoms with Gasteiger partial charge in [0.15, 0.2) is 0 Å². The Kier molecular flexibility index (Phi) is 2.99. The molecule has 0 radical (unpaired) electrons. The quantitative estimate of drug-likeness (QED) is 0.689. The summed E-state index contributed by atoms with van der Waals surface area (Å²) in [6.07, 6.45) is 4.85. The van der Waals surface area contributed by atoms with Crippen LogP contribution in [0.2, 0.25) is 0 Å². The van der Waals surface area contributed by atoms with Crippen LogP contribution in [0, 0.1) is 0 Å². The Hall–Kier alpha value is -1.13. The lowest BCUT2D eigenvalue weighted by Crippen LogP contribution is -1.89. The summed E-state index contributed by atoms with van der Waals surface area (Å²) in [6, 6.07) is 15.7. The van der Waals surface area contributed by atoms with Crippen molar-refractivity contribution in [2.75, 3.05) is 0 Å². The highest BCUT2D eigenvalue weighted by Crippen LogP contribution is 2.32. The number of hydrogen-bond donors (Lipinski definition) is 0. The molecule has 2 aromatic rings. The van der Waals surface area contributed by atoms with Gasteiger partial charge in [-0.2, -0.15) is 0 Å². The first-order chi connectivity index (χ1) is 8.38. The summed E-state index contributed by atoms with van der Waals surface area (Å²) in [6.45, 7) is 0. The fourth-order valence-corrected chi connectivity index (χ4v) is 3.01. The summed E-state index contributed by atoms with van der Waals surface area (Å²) in [7, 11) is 2.80. The Morgan fingerprint density at radius 3 is 2.76 bits per heavy atom. The standard InChI is InChI=1S/C16H17P/c17-11-12-4-1-7-14(10-12)16-9-3-6-13-5-2-8-15(13)16/h1,3-4,6-7,9-10H,2,5,8,11,17H2. The van der Waals surface area contributed by atoms with Gasteiger partial charge >= 0.3 is 0 Å². The third kappa shape index (κ3) is 2.03. The Balaban J connectivity index is 2.12. The van der Waals surface area contributed by atoms with Crippen molar-refractivity contribution in [2.45, 2.75) is 25.4 Å². The van der Waals surface area contributed by atoms with Gasteiger partial charge in [0.2, 0.25) is 0 Å². The summed E-state index contributed by atoms with van der Waals surface area (Å²) in [5, 5.41) is 0. The molecule has 0 saturated heterocycles. The molecule has 0 fully saturated rings. The first kappa shape index (κ1) is 11.0. The van der Waals surface area contributed by atoms with Gasteiger partial charge in [-0.3, -0.25) is 0 Å². The van der Waals surface area contributed by atoms with Crippen LogP contribution in [0.15, 0.2) is 42.5 Å². The third-order valence-corrected chi connectivity index (χ3v) is 4.09. The first-order valence-corrected chi connectivity index (χ1v) is 7.10. The molecule has 2 aromatic carbocycles. The van der Waals surface area contributed by atoms with E-state index in [0.717, 1.165) is 6.16 Å². The van der Waals surface area contributed by atoms with E-state index in [1.54, 1.807) is 11.1 Å². The smallest absolute Gasteiger partial charge is 0.0128 e. The largest absolute Gasteiger partial charge is 0.133 e. The average molecular weight is 240 g/mol. The summed E-state index contributed by atoms with van der Waals surface area (Å²) < 4.78 is 0. The van der Waals surface area contributed by atoms with Crippen LogP contribution in [0.4, 0.5) is 0 Å². The molecule has 0 heterocycles. The lowest BCUT2D eigenvalue weighted by molar-refractivity contribution is 0.912. The van der Waals surface area contributed by atoms with Crippen LogP contribution in [0.1, 0.15) is 23.1 Å². The SMILES string of the molecule is PCc1cccc(-c2cccc3c2CCC3)c1. The Morgan fingerprint density at radius 1 is 1.00 bits per heavy atom. The van der Waals surface area contributed by atoms with Crippen LogP contribution < -0.4 is 0 Å². The molecule has 1 aliphatic rings. The van der Waals surface area contributed by atoms with Crippen LogP contribution in [0.25, 0.3) is 11.1 Å². The molecule has 0 amide bonds. The molecular formula is C16H17P. The maximum absolute atomic E-state index is 2.80. The zero-order chi connectivity index (χ0) is 11.7. The molecule has 0 nitrogen and oxygen atoms in total. The Bertz CT molecular complexity index is 543. The molecule has 0 aromatic heterocycles.